The van der Waals surface area contributed by atoms with Crippen LogP contribution in [0.2, 0.25) is 0 Å². The third-order valence-electron chi connectivity index (χ3n) is 8.02. The molecule has 3 N–H and O–H groups in total. The Bertz CT molecular complexity index is 1940. The lowest BCUT2D eigenvalue weighted by Gasteiger charge is -2.23. The number of H-pyrrole nitrogens is 1. The number of nitrogens with zero attached hydrogens (tertiary/aromatic N) is 5. The average Bonchev–Trinajstić information content (AvgIpc) is 3.39. The van der Waals surface area contributed by atoms with Gasteiger partial charge in [0.05, 0.1) is 43.5 Å². The van der Waals surface area contributed by atoms with Crippen LogP contribution in [0.4, 0.5) is 19.0 Å². The molecule has 2 aromatic heterocycles. The Balaban J connectivity index is 1.27. The summed E-state index contributed by atoms with van der Waals surface area (Å²) in [5.41, 5.74) is 1.46. The number of anilines is 1. The van der Waals surface area contributed by atoms with Gasteiger partial charge in [-0.05, 0) is 44.7 Å². The summed E-state index contributed by atoms with van der Waals surface area (Å²) in [6.45, 7) is 2.28. The summed E-state index contributed by atoms with van der Waals surface area (Å²) >= 11 is 0. The molecule has 14 nitrogen and oxygen atoms in total. The van der Waals surface area contributed by atoms with Gasteiger partial charge in [-0.2, -0.15) is 13.2 Å². The molecular formula is C34H37F3N8O6. The summed E-state index contributed by atoms with van der Waals surface area (Å²) in [5, 5.41) is 9.69. The second-order valence-corrected chi connectivity index (χ2v) is 11.7. The maximum Gasteiger partial charge on any atom is 0.416 e. The molecule has 1 aliphatic heterocycles. The van der Waals surface area contributed by atoms with Crippen molar-refractivity contribution >= 4 is 34.9 Å². The minimum Gasteiger partial charge on any atom is -0.496 e. The Morgan fingerprint density at radius 2 is 1.80 bits per heavy atom. The number of oxime groups is 1. The highest BCUT2D eigenvalue weighted by molar-refractivity contribution is 6.00. The van der Waals surface area contributed by atoms with Gasteiger partial charge in [-0.15, -0.1) is 0 Å². The quantitative estimate of drug-likeness (QED) is 0.148. The molecule has 1 atom stereocenters. The van der Waals surface area contributed by atoms with Crippen molar-refractivity contribution in [1.29, 1.82) is 0 Å². The summed E-state index contributed by atoms with van der Waals surface area (Å²) in [6.07, 6.45) is 0.244. The van der Waals surface area contributed by atoms with Crippen molar-refractivity contribution in [2.75, 3.05) is 33.7 Å². The van der Waals surface area contributed by atoms with E-state index < -0.39 is 23.7 Å². The number of halogens is 3. The fraction of sp³-hybridized carbons (Fsp3) is 0.353. The summed E-state index contributed by atoms with van der Waals surface area (Å²) in [5.74, 6) is 2.13. The summed E-state index contributed by atoms with van der Waals surface area (Å²) < 4.78 is 56.0. The highest BCUT2D eigenvalue weighted by Gasteiger charge is 2.31. The molecule has 0 fully saturated rings. The number of hydrogen-bond acceptors (Lipinski definition) is 11. The van der Waals surface area contributed by atoms with Crippen molar-refractivity contribution in [1.82, 2.24) is 30.2 Å². The first-order valence-electron chi connectivity index (χ1n) is 15.8. The minimum atomic E-state index is -4.48. The zero-order valence-corrected chi connectivity index (χ0v) is 28.6. The lowest BCUT2D eigenvalue weighted by Crippen LogP contribution is -2.35. The number of aromatic amines is 1. The number of alkyl halides is 3. The fourth-order valence-corrected chi connectivity index (χ4v) is 5.58. The molecule has 5 rings (SSSR count). The third-order valence-corrected chi connectivity index (χ3v) is 8.02. The number of fused-ring (bicyclic) bond motifs is 1. The molecule has 0 saturated heterocycles. The van der Waals surface area contributed by atoms with Gasteiger partial charge < -0.3 is 34.7 Å². The molecule has 4 aromatic rings. The number of methoxy groups -OCH3 is 3. The average molecular weight is 711 g/mol. The molecule has 0 bridgehead atoms. The Labute approximate surface area is 291 Å². The van der Waals surface area contributed by atoms with Crippen molar-refractivity contribution < 1.29 is 41.8 Å². The van der Waals surface area contributed by atoms with E-state index in [9.17, 15) is 22.8 Å². The van der Waals surface area contributed by atoms with Crippen LogP contribution in [-0.2, 0) is 28.9 Å². The molecule has 0 aliphatic carbocycles. The Morgan fingerprint density at radius 3 is 2.47 bits per heavy atom. The third kappa shape index (κ3) is 8.72. The van der Waals surface area contributed by atoms with E-state index in [0.717, 1.165) is 17.7 Å². The number of rotatable bonds is 14. The van der Waals surface area contributed by atoms with E-state index in [4.69, 9.17) is 19.0 Å². The Kier molecular flexibility index (Phi) is 11.4. The maximum absolute atomic E-state index is 13.6. The van der Waals surface area contributed by atoms with Crippen molar-refractivity contribution in [2.45, 2.75) is 51.5 Å². The number of carbonyl (C=O) groups is 2. The molecule has 2 aromatic carbocycles. The second kappa shape index (κ2) is 15.9. The van der Waals surface area contributed by atoms with E-state index >= 15 is 0 Å². The van der Waals surface area contributed by atoms with E-state index in [1.54, 1.807) is 40.4 Å². The van der Waals surface area contributed by atoms with Crippen LogP contribution in [0, 0.1) is 0 Å². The Morgan fingerprint density at radius 1 is 1.08 bits per heavy atom. The lowest BCUT2D eigenvalue weighted by atomic mass is 10.1. The van der Waals surface area contributed by atoms with Crippen LogP contribution >= 0.6 is 0 Å². The predicted molar refractivity (Wildman–Crippen MR) is 181 cm³/mol. The van der Waals surface area contributed by atoms with Gasteiger partial charge in [-0.1, -0.05) is 5.16 Å². The van der Waals surface area contributed by atoms with Gasteiger partial charge in [0.15, 0.2) is 5.82 Å². The van der Waals surface area contributed by atoms with Gasteiger partial charge in [-0.25, -0.2) is 15.0 Å². The summed E-state index contributed by atoms with van der Waals surface area (Å²) in [7, 11) is 6.45. The van der Waals surface area contributed by atoms with Crippen molar-refractivity contribution in [3.63, 3.8) is 0 Å². The van der Waals surface area contributed by atoms with E-state index in [1.165, 1.54) is 12.4 Å². The van der Waals surface area contributed by atoms with Crippen LogP contribution in [0.5, 0.6) is 17.2 Å². The number of nitrogens with one attached hydrogen (secondary N) is 3. The molecule has 1 unspecified atom stereocenters. The first kappa shape index (κ1) is 36.6. The predicted octanol–water partition coefficient (Wildman–Crippen LogP) is 5.20. The molecule has 51 heavy (non-hydrogen) atoms. The van der Waals surface area contributed by atoms with Gasteiger partial charge in [-0.3, -0.25) is 14.5 Å². The fourth-order valence-electron chi connectivity index (χ4n) is 5.58. The molecule has 2 amide bonds. The zero-order chi connectivity index (χ0) is 36.7. The molecule has 270 valence electrons. The number of ether oxygens (including phenoxy) is 3. The van der Waals surface area contributed by atoms with Gasteiger partial charge in [0.25, 0.3) is 5.91 Å². The monoisotopic (exact) mass is 710 g/mol. The second-order valence-electron chi connectivity index (χ2n) is 11.7. The van der Waals surface area contributed by atoms with Crippen LogP contribution < -0.4 is 24.8 Å². The van der Waals surface area contributed by atoms with Crippen LogP contribution in [-0.4, -0.2) is 77.3 Å². The van der Waals surface area contributed by atoms with E-state index in [0.29, 0.717) is 71.4 Å². The minimum absolute atomic E-state index is 0.0661. The van der Waals surface area contributed by atoms with Crippen LogP contribution in [0.1, 0.15) is 59.2 Å². The molecule has 0 saturated carbocycles. The van der Waals surface area contributed by atoms with Crippen LogP contribution in [0.25, 0.3) is 11.0 Å². The molecule has 0 spiro atoms. The van der Waals surface area contributed by atoms with Crippen LogP contribution in [0.3, 0.4) is 0 Å². The van der Waals surface area contributed by atoms with Crippen LogP contribution in [0.15, 0.2) is 53.7 Å². The highest BCUT2D eigenvalue weighted by atomic mass is 19.4. The topological polar surface area (TPSA) is 165 Å². The van der Waals surface area contributed by atoms with E-state index in [1.807, 2.05) is 18.0 Å². The number of aromatic nitrogens is 4. The number of imidazole rings is 1. The largest absolute Gasteiger partial charge is 0.496 e. The zero-order valence-electron chi connectivity index (χ0n) is 28.6. The summed E-state index contributed by atoms with van der Waals surface area (Å²) in [6, 6.07) is 6.33. The molecular weight excluding hydrogens is 673 g/mol. The molecule has 1 aliphatic rings. The normalized spacial score (nSPS) is 13.8. The van der Waals surface area contributed by atoms with E-state index in [-0.39, 0.29) is 30.0 Å². The van der Waals surface area contributed by atoms with Gasteiger partial charge in [0.1, 0.15) is 46.6 Å². The van der Waals surface area contributed by atoms with Gasteiger partial charge >= 0.3 is 6.18 Å². The number of amides is 2. The van der Waals surface area contributed by atoms with Gasteiger partial charge in [0, 0.05) is 49.7 Å². The highest BCUT2D eigenvalue weighted by Crippen LogP contribution is 2.35. The van der Waals surface area contributed by atoms with Crippen molar-refractivity contribution in [3.05, 3.63) is 76.7 Å². The summed E-state index contributed by atoms with van der Waals surface area (Å²) in [4.78, 5) is 48.3. The molecule has 17 heteroatoms. The van der Waals surface area contributed by atoms with Crippen molar-refractivity contribution in [2.24, 2.45) is 5.16 Å². The maximum atomic E-state index is 13.6. The first-order valence-corrected chi connectivity index (χ1v) is 15.8. The Hall–Kier alpha value is -5.71. The number of allylic oxidation sites excluding steroid dienone is 1. The smallest absolute Gasteiger partial charge is 0.416 e. The number of carbonyl (C=O) groups excluding carboxylic acids is 2. The first-order chi connectivity index (χ1) is 24.4. The SMILES string of the molecule is COc1cc(OC)c(CN(C)Cc2c(NC=O)ncnc2C(=O)NC(C)CC2=CCCC(c3nc4ccc(C(F)(F)F)cc4[nH]3)=NO2)c(OC)c1. The van der Waals surface area contributed by atoms with Crippen molar-refractivity contribution in [3.8, 4) is 17.2 Å². The molecule has 0 radical (unpaired) electrons. The number of hydrogen-bond donors (Lipinski definition) is 3. The van der Waals surface area contributed by atoms with Gasteiger partial charge in [0.2, 0.25) is 6.41 Å². The lowest BCUT2D eigenvalue weighted by molar-refractivity contribution is -0.137. The standard InChI is InChI=1S/C34H37F3N8O6/c1-19(11-21-7-6-8-26(44-51-21)32-42-25-10-9-20(34(35,36)37)12-27(25)43-32)41-33(47)30-24(31(40-18-46)39-17-38-30)16-45(2)15-23-28(49-4)13-22(48-3)14-29(23)50-5/h7,9-10,12-14,17-19H,6,8,11,15-16H2,1-5H3,(H,41,47)(H,42,43)(H,38,39,40,46). The number of benzene rings is 2. The molecule has 3 heterocycles. The van der Waals surface area contributed by atoms with E-state index in [2.05, 4.69) is 35.7 Å².